The molecule has 0 aromatic heterocycles. The standard InChI is InChI=1S/C16H18ClNO2S/c1-2-18-15(19)16(12-9-8-11(10-12)14(16)17)21(20)13-6-4-3-5-7-13/h3-9,11-12,14H,2,10H2,1H3,(H,18,19)/t11-,12+,14-,16+,21?/m0/s1. The van der Waals surface area contributed by atoms with Crippen molar-refractivity contribution in [3.8, 4) is 0 Å². The minimum absolute atomic E-state index is 0.0578. The molecule has 3 rings (SSSR count). The molecule has 112 valence electrons. The van der Waals surface area contributed by atoms with E-state index >= 15 is 0 Å². The number of allylic oxidation sites excluding steroid dienone is 2. The highest BCUT2D eigenvalue weighted by atomic mass is 35.5. The van der Waals surface area contributed by atoms with E-state index in [4.69, 9.17) is 11.6 Å². The molecule has 2 aliphatic rings. The normalized spacial score (nSPS) is 34.9. The van der Waals surface area contributed by atoms with Gasteiger partial charge in [0.1, 0.15) is 0 Å². The molecule has 0 saturated heterocycles. The summed E-state index contributed by atoms with van der Waals surface area (Å²) in [5.74, 6) is -0.117. The number of hydrogen-bond acceptors (Lipinski definition) is 2. The number of hydrogen-bond donors (Lipinski definition) is 1. The summed E-state index contributed by atoms with van der Waals surface area (Å²) in [6, 6.07) is 9.15. The second kappa shape index (κ2) is 5.58. The lowest BCUT2D eigenvalue weighted by molar-refractivity contribution is -0.124. The Kier molecular flexibility index (Phi) is 3.93. The van der Waals surface area contributed by atoms with Crippen molar-refractivity contribution in [3.05, 3.63) is 42.5 Å². The van der Waals surface area contributed by atoms with Crippen LogP contribution in [0, 0.1) is 11.8 Å². The Morgan fingerprint density at radius 1 is 1.38 bits per heavy atom. The SMILES string of the molecule is CCNC(=O)[C@@]1(S(=O)c2ccccc2)[C@@H]2C=C[C@@H](C2)[C@@H]1Cl. The van der Waals surface area contributed by atoms with Gasteiger partial charge in [0, 0.05) is 17.4 Å². The van der Waals surface area contributed by atoms with E-state index in [1.165, 1.54) is 0 Å². The van der Waals surface area contributed by atoms with Gasteiger partial charge in [-0.05, 0) is 31.4 Å². The van der Waals surface area contributed by atoms with Crippen LogP contribution in [0.4, 0.5) is 0 Å². The Morgan fingerprint density at radius 3 is 2.67 bits per heavy atom. The molecule has 0 spiro atoms. The molecule has 1 unspecified atom stereocenters. The maximum Gasteiger partial charge on any atom is 0.241 e. The van der Waals surface area contributed by atoms with Crippen LogP contribution < -0.4 is 5.32 Å². The van der Waals surface area contributed by atoms with Crippen LogP contribution in [0.3, 0.4) is 0 Å². The van der Waals surface area contributed by atoms with E-state index in [2.05, 4.69) is 11.4 Å². The number of fused-ring (bicyclic) bond motifs is 2. The summed E-state index contributed by atoms with van der Waals surface area (Å²) < 4.78 is 12.2. The summed E-state index contributed by atoms with van der Waals surface area (Å²) >= 11 is 6.60. The molecular formula is C16H18ClNO2S. The van der Waals surface area contributed by atoms with Crippen molar-refractivity contribution in [1.29, 1.82) is 0 Å². The zero-order chi connectivity index (χ0) is 15.0. The fourth-order valence-corrected chi connectivity index (χ4v) is 5.99. The summed E-state index contributed by atoms with van der Waals surface area (Å²) in [6.45, 7) is 2.38. The van der Waals surface area contributed by atoms with Gasteiger partial charge in [0.2, 0.25) is 5.91 Å². The van der Waals surface area contributed by atoms with Gasteiger partial charge < -0.3 is 5.32 Å². The van der Waals surface area contributed by atoms with Crippen molar-refractivity contribution < 1.29 is 9.00 Å². The monoisotopic (exact) mass is 323 g/mol. The summed E-state index contributed by atoms with van der Waals surface area (Å²) in [5.41, 5.74) is 0. The lowest BCUT2D eigenvalue weighted by Gasteiger charge is -2.36. The van der Waals surface area contributed by atoms with Crippen molar-refractivity contribution in [2.75, 3.05) is 6.54 Å². The lowest BCUT2D eigenvalue weighted by atomic mass is 9.91. The Morgan fingerprint density at radius 2 is 2.10 bits per heavy atom. The van der Waals surface area contributed by atoms with Gasteiger partial charge in [0.05, 0.1) is 16.2 Å². The zero-order valence-corrected chi connectivity index (χ0v) is 13.4. The molecule has 1 N–H and O–H groups in total. The maximum absolute atomic E-state index is 13.2. The highest BCUT2D eigenvalue weighted by Crippen LogP contribution is 2.53. The maximum atomic E-state index is 13.2. The van der Waals surface area contributed by atoms with Crippen molar-refractivity contribution >= 4 is 28.3 Å². The van der Waals surface area contributed by atoms with Crippen LogP contribution in [0.15, 0.2) is 47.4 Å². The van der Waals surface area contributed by atoms with Crippen LogP contribution in [0.1, 0.15) is 13.3 Å². The second-order valence-electron chi connectivity index (χ2n) is 5.53. The van der Waals surface area contributed by atoms with Gasteiger partial charge in [-0.15, -0.1) is 11.6 Å². The number of amides is 1. The zero-order valence-electron chi connectivity index (χ0n) is 11.8. The van der Waals surface area contributed by atoms with Crippen molar-refractivity contribution in [2.24, 2.45) is 11.8 Å². The first-order valence-corrected chi connectivity index (χ1v) is 8.78. The minimum Gasteiger partial charge on any atom is -0.355 e. The molecule has 1 aromatic carbocycles. The molecule has 2 aliphatic carbocycles. The van der Waals surface area contributed by atoms with Crippen molar-refractivity contribution in [1.82, 2.24) is 5.32 Å². The summed E-state index contributed by atoms with van der Waals surface area (Å²) in [4.78, 5) is 13.4. The molecule has 5 atom stereocenters. The average molecular weight is 324 g/mol. The van der Waals surface area contributed by atoms with Crippen molar-refractivity contribution in [2.45, 2.75) is 28.4 Å². The van der Waals surface area contributed by atoms with E-state index in [1.54, 1.807) is 12.1 Å². The molecule has 1 aromatic rings. The topological polar surface area (TPSA) is 46.2 Å². The molecule has 1 fully saturated rings. The smallest absolute Gasteiger partial charge is 0.241 e. The number of alkyl halides is 1. The number of carbonyl (C=O) groups excluding carboxylic acids is 1. The summed E-state index contributed by atoms with van der Waals surface area (Å²) in [5, 5.41) is 2.41. The van der Waals surface area contributed by atoms with Gasteiger partial charge in [-0.3, -0.25) is 9.00 Å². The predicted octanol–water partition coefficient (Wildman–Crippen LogP) is 2.48. The molecular weight excluding hydrogens is 306 g/mol. The molecule has 2 bridgehead atoms. The molecule has 1 amide bonds. The first kappa shape index (κ1) is 14.8. The van der Waals surface area contributed by atoms with E-state index in [9.17, 15) is 9.00 Å². The Hall–Kier alpha value is -1.13. The van der Waals surface area contributed by atoms with Gasteiger partial charge in [-0.25, -0.2) is 0 Å². The van der Waals surface area contributed by atoms with Crippen LogP contribution in [0.2, 0.25) is 0 Å². The lowest BCUT2D eigenvalue weighted by Crippen LogP contribution is -2.58. The van der Waals surface area contributed by atoms with Crippen LogP contribution in [0.5, 0.6) is 0 Å². The molecule has 0 heterocycles. The highest BCUT2D eigenvalue weighted by Gasteiger charge is 2.63. The highest BCUT2D eigenvalue weighted by molar-refractivity contribution is 7.87. The molecule has 21 heavy (non-hydrogen) atoms. The molecule has 1 saturated carbocycles. The number of nitrogens with one attached hydrogen (secondary N) is 1. The quantitative estimate of drug-likeness (QED) is 0.683. The fourth-order valence-electron chi connectivity index (χ4n) is 3.44. The van der Waals surface area contributed by atoms with Gasteiger partial charge in [-0.1, -0.05) is 30.4 Å². The van der Waals surface area contributed by atoms with E-state index in [-0.39, 0.29) is 17.7 Å². The van der Waals surface area contributed by atoms with Gasteiger partial charge in [-0.2, -0.15) is 0 Å². The molecule has 0 radical (unpaired) electrons. The largest absolute Gasteiger partial charge is 0.355 e. The Bertz CT molecular complexity index is 604. The van der Waals surface area contributed by atoms with Gasteiger partial charge >= 0.3 is 0 Å². The van der Waals surface area contributed by atoms with Crippen molar-refractivity contribution in [3.63, 3.8) is 0 Å². The predicted molar refractivity (Wildman–Crippen MR) is 84.6 cm³/mol. The number of halogens is 1. The first-order chi connectivity index (χ1) is 10.1. The van der Waals surface area contributed by atoms with Crippen LogP contribution in [-0.2, 0) is 15.6 Å². The van der Waals surface area contributed by atoms with E-state index in [0.29, 0.717) is 11.4 Å². The van der Waals surface area contributed by atoms with Crippen LogP contribution in [-0.4, -0.2) is 26.8 Å². The van der Waals surface area contributed by atoms with E-state index < -0.39 is 20.9 Å². The second-order valence-corrected chi connectivity index (χ2v) is 7.68. The average Bonchev–Trinajstić information content (AvgIpc) is 3.08. The fraction of sp³-hybridized carbons (Fsp3) is 0.438. The number of rotatable bonds is 4. The van der Waals surface area contributed by atoms with Gasteiger partial charge in [0.15, 0.2) is 4.75 Å². The Labute approximate surface area is 132 Å². The van der Waals surface area contributed by atoms with Crippen LogP contribution >= 0.6 is 11.6 Å². The molecule has 3 nitrogen and oxygen atoms in total. The third kappa shape index (κ3) is 2.08. The third-order valence-electron chi connectivity index (χ3n) is 4.41. The van der Waals surface area contributed by atoms with Crippen LogP contribution in [0.25, 0.3) is 0 Å². The molecule has 0 aliphatic heterocycles. The number of benzene rings is 1. The van der Waals surface area contributed by atoms with E-state index in [0.717, 1.165) is 6.42 Å². The van der Waals surface area contributed by atoms with Gasteiger partial charge in [0.25, 0.3) is 0 Å². The number of carbonyl (C=O) groups is 1. The minimum atomic E-state index is -1.47. The summed E-state index contributed by atoms with van der Waals surface area (Å²) in [6.07, 6.45) is 4.88. The Balaban J connectivity index is 2.08. The molecule has 5 heteroatoms. The van der Waals surface area contributed by atoms with E-state index in [1.807, 2.05) is 31.2 Å². The summed E-state index contributed by atoms with van der Waals surface area (Å²) in [7, 11) is -1.47. The third-order valence-corrected chi connectivity index (χ3v) is 7.26. The first-order valence-electron chi connectivity index (χ1n) is 7.20.